The van der Waals surface area contributed by atoms with E-state index in [1.54, 1.807) is 12.1 Å². The summed E-state index contributed by atoms with van der Waals surface area (Å²) in [6.45, 7) is 1.75. The van der Waals surface area contributed by atoms with Crippen LogP contribution in [0.5, 0.6) is 5.75 Å². The molecule has 0 saturated heterocycles. The second kappa shape index (κ2) is 6.06. The Balaban J connectivity index is 2.00. The number of ether oxygens (including phenoxy) is 1. The minimum atomic E-state index is -0.721. The topological polar surface area (TPSA) is 58.6 Å². The van der Waals surface area contributed by atoms with Crippen molar-refractivity contribution in [3.63, 3.8) is 0 Å². The molecule has 0 aromatic heterocycles. The van der Waals surface area contributed by atoms with E-state index < -0.39 is 5.60 Å². The standard InChI is InChI=1S/C15H21NO3/c1-12(17)16-13-7-3-4-8-14(13)19-11-15(18)9-5-2-6-10-15/h3-4,7-8,18H,2,5-6,9-11H2,1H3,(H,16,17). The average Bonchev–Trinajstić information content (AvgIpc) is 2.38. The minimum absolute atomic E-state index is 0.132. The molecule has 1 aliphatic rings. The minimum Gasteiger partial charge on any atom is -0.488 e. The lowest BCUT2D eigenvalue weighted by Gasteiger charge is -2.31. The summed E-state index contributed by atoms with van der Waals surface area (Å²) >= 11 is 0. The largest absolute Gasteiger partial charge is 0.488 e. The monoisotopic (exact) mass is 263 g/mol. The summed E-state index contributed by atoms with van der Waals surface area (Å²) in [6.07, 6.45) is 4.86. The van der Waals surface area contributed by atoms with Crippen molar-refractivity contribution in [1.29, 1.82) is 0 Å². The Morgan fingerprint density at radius 2 is 2.00 bits per heavy atom. The summed E-state index contributed by atoms with van der Waals surface area (Å²) in [5, 5.41) is 13.1. The van der Waals surface area contributed by atoms with Gasteiger partial charge in [0.15, 0.2) is 0 Å². The Morgan fingerprint density at radius 1 is 1.32 bits per heavy atom. The van der Waals surface area contributed by atoms with Crippen LogP contribution in [0.4, 0.5) is 5.69 Å². The molecule has 2 N–H and O–H groups in total. The third kappa shape index (κ3) is 3.96. The molecular weight excluding hydrogens is 242 g/mol. The van der Waals surface area contributed by atoms with Gasteiger partial charge in [0.25, 0.3) is 0 Å². The van der Waals surface area contributed by atoms with E-state index in [4.69, 9.17) is 4.74 Å². The maximum Gasteiger partial charge on any atom is 0.221 e. The van der Waals surface area contributed by atoms with Crippen LogP contribution in [0.25, 0.3) is 0 Å². The lowest BCUT2D eigenvalue weighted by atomic mass is 9.85. The zero-order valence-electron chi connectivity index (χ0n) is 11.3. The normalized spacial score (nSPS) is 17.8. The number of carbonyl (C=O) groups is 1. The van der Waals surface area contributed by atoms with Gasteiger partial charge in [0, 0.05) is 6.92 Å². The zero-order valence-corrected chi connectivity index (χ0v) is 11.3. The van der Waals surface area contributed by atoms with Gasteiger partial charge in [-0.15, -0.1) is 0 Å². The third-order valence-electron chi connectivity index (χ3n) is 3.48. The summed E-state index contributed by atoms with van der Waals surface area (Å²) in [7, 11) is 0. The molecule has 0 unspecified atom stereocenters. The summed E-state index contributed by atoms with van der Waals surface area (Å²) in [5.41, 5.74) is -0.0730. The summed E-state index contributed by atoms with van der Waals surface area (Å²) in [4.78, 5) is 11.1. The van der Waals surface area contributed by atoms with Crippen LogP contribution < -0.4 is 10.1 Å². The van der Waals surface area contributed by atoms with E-state index in [-0.39, 0.29) is 12.5 Å². The van der Waals surface area contributed by atoms with Crippen molar-refractivity contribution >= 4 is 11.6 Å². The first kappa shape index (κ1) is 13.9. The second-order valence-corrected chi connectivity index (χ2v) is 5.25. The lowest BCUT2D eigenvalue weighted by molar-refractivity contribution is -0.114. The molecule has 1 amide bonds. The maximum atomic E-state index is 11.1. The van der Waals surface area contributed by atoms with Gasteiger partial charge >= 0.3 is 0 Å². The Labute approximate surface area is 113 Å². The molecule has 0 atom stereocenters. The molecule has 0 aliphatic heterocycles. The van der Waals surface area contributed by atoms with Crippen molar-refractivity contribution in [2.75, 3.05) is 11.9 Å². The molecule has 1 aromatic rings. The van der Waals surface area contributed by atoms with Crippen LogP contribution in [0.15, 0.2) is 24.3 Å². The fourth-order valence-corrected chi connectivity index (χ4v) is 2.45. The third-order valence-corrected chi connectivity index (χ3v) is 3.48. The maximum absolute atomic E-state index is 11.1. The summed E-state index contributed by atoms with van der Waals surface area (Å²) in [6, 6.07) is 7.29. The smallest absolute Gasteiger partial charge is 0.221 e. The fraction of sp³-hybridized carbons (Fsp3) is 0.533. The highest BCUT2D eigenvalue weighted by Crippen LogP contribution is 2.30. The van der Waals surface area contributed by atoms with E-state index in [0.29, 0.717) is 11.4 Å². The molecule has 0 bridgehead atoms. The molecule has 104 valence electrons. The Hall–Kier alpha value is -1.55. The molecule has 0 radical (unpaired) electrons. The lowest BCUT2D eigenvalue weighted by Crippen LogP contribution is -2.38. The Morgan fingerprint density at radius 3 is 2.68 bits per heavy atom. The molecule has 19 heavy (non-hydrogen) atoms. The van der Waals surface area contributed by atoms with E-state index in [9.17, 15) is 9.90 Å². The number of rotatable bonds is 4. The van der Waals surface area contributed by atoms with Crippen molar-refractivity contribution in [3.05, 3.63) is 24.3 Å². The predicted octanol–water partition coefficient (Wildman–Crippen LogP) is 2.72. The number of hydrogen-bond donors (Lipinski definition) is 2. The molecule has 0 heterocycles. The van der Waals surface area contributed by atoms with Gasteiger partial charge in [-0.1, -0.05) is 31.4 Å². The van der Waals surface area contributed by atoms with Crippen LogP contribution in [0.2, 0.25) is 0 Å². The van der Waals surface area contributed by atoms with Crippen molar-refractivity contribution in [2.24, 2.45) is 0 Å². The molecule has 0 spiro atoms. The van der Waals surface area contributed by atoms with Crippen LogP contribution in [0.1, 0.15) is 39.0 Å². The van der Waals surface area contributed by atoms with E-state index in [1.165, 1.54) is 13.3 Å². The van der Waals surface area contributed by atoms with Gasteiger partial charge in [-0.2, -0.15) is 0 Å². The number of hydrogen-bond acceptors (Lipinski definition) is 3. The number of nitrogens with one attached hydrogen (secondary N) is 1. The molecule has 4 nitrogen and oxygen atoms in total. The van der Waals surface area contributed by atoms with E-state index in [1.807, 2.05) is 12.1 Å². The van der Waals surface area contributed by atoms with Gasteiger partial charge in [-0.05, 0) is 25.0 Å². The summed E-state index contributed by atoms with van der Waals surface area (Å²) < 4.78 is 5.72. The second-order valence-electron chi connectivity index (χ2n) is 5.25. The van der Waals surface area contributed by atoms with Crippen molar-refractivity contribution < 1.29 is 14.6 Å². The summed E-state index contributed by atoms with van der Waals surface area (Å²) in [5.74, 6) is 0.476. The zero-order chi connectivity index (χ0) is 13.7. The SMILES string of the molecule is CC(=O)Nc1ccccc1OCC1(O)CCCCC1. The molecule has 1 aromatic carbocycles. The van der Waals surface area contributed by atoms with Crippen molar-refractivity contribution in [1.82, 2.24) is 0 Å². The molecule has 1 aliphatic carbocycles. The number of anilines is 1. The number of aliphatic hydroxyl groups is 1. The average molecular weight is 263 g/mol. The first-order valence-electron chi connectivity index (χ1n) is 6.81. The molecule has 1 fully saturated rings. The number of benzene rings is 1. The van der Waals surface area contributed by atoms with Gasteiger partial charge in [0.2, 0.25) is 5.91 Å². The quantitative estimate of drug-likeness (QED) is 0.878. The van der Waals surface area contributed by atoms with E-state index >= 15 is 0 Å². The van der Waals surface area contributed by atoms with E-state index in [0.717, 1.165) is 25.7 Å². The van der Waals surface area contributed by atoms with Crippen molar-refractivity contribution in [2.45, 2.75) is 44.6 Å². The first-order chi connectivity index (χ1) is 9.09. The van der Waals surface area contributed by atoms with Crippen LogP contribution >= 0.6 is 0 Å². The number of amides is 1. The molecular formula is C15H21NO3. The van der Waals surface area contributed by atoms with E-state index in [2.05, 4.69) is 5.32 Å². The molecule has 2 rings (SSSR count). The Kier molecular flexibility index (Phi) is 4.43. The fourth-order valence-electron chi connectivity index (χ4n) is 2.45. The van der Waals surface area contributed by atoms with Crippen LogP contribution in [-0.2, 0) is 4.79 Å². The number of carbonyl (C=O) groups excluding carboxylic acids is 1. The first-order valence-corrected chi connectivity index (χ1v) is 6.81. The van der Waals surface area contributed by atoms with Gasteiger partial charge < -0.3 is 15.2 Å². The highest BCUT2D eigenvalue weighted by molar-refractivity contribution is 5.90. The van der Waals surface area contributed by atoms with Gasteiger partial charge in [-0.25, -0.2) is 0 Å². The number of para-hydroxylation sites is 2. The highest BCUT2D eigenvalue weighted by atomic mass is 16.5. The molecule has 1 saturated carbocycles. The van der Waals surface area contributed by atoms with Gasteiger partial charge in [-0.3, -0.25) is 4.79 Å². The van der Waals surface area contributed by atoms with Gasteiger partial charge in [0.05, 0.1) is 11.3 Å². The van der Waals surface area contributed by atoms with Gasteiger partial charge in [0.1, 0.15) is 12.4 Å². The van der Waals surface area contributed by atoms with Crippen LogP contribution in [0.3, 0.4) is 0 Å². The van der Waals surface area contributed by atoms with Crippen LogP contribution in [-0.4, -0.2) is 23.2 Å². The van der Waals surface area contributed by atoms with Crippen molar-refractivity contribution in [3.8, 4) is 5.75 Å². The van der Waals surface area contributed by atoms with Crippen LogP contribution in [0, 0.1) is 0 Å². The molecule has 4 heteroatoms. The highest BCUT2D eigenvalue weighted by Gasteiger charge is 2.30. The predicted molar refractivity (Wildman–Crippen MR) is 74.3 cm³/mol. The Bertz CT molecular complexity index is 439.